The number of hydrogen-bond donors (Lipinski definition) is 1. The number of carbonyl (C=O) groups excluding carboxylic acids is 1. The van der Waals surface area contributed by atoms with Crippen molar-refractivity contribution in [3.63, 3.8) is 0 Å². The number of ketones is 1. The monoisotopic (exact) mass is 364 g/mol. The van der Waals surface area contributed by atoms with Gasteiger partial charge < -0.3 is 5.11 Å². The minimum absolute atomic E-state index is 0. The van der Waals surface area contributed by atoms with E-state index in [1.165, 1.54) is 12.1 Å². The molecule has 0 amide bonds. The molecule has 0 atom stereocenters. The summed E-state index contributed by atoms with van der Waals surface area (Å²) in [5.74, 6) is 4.61. The van der Waals surface area contributed by atoms with E-state index in [1.807, 2.05) is 54.6 Å². The van der Waals surface area contributed by atoms with Gasteiger partial charge >= 0.3 is 17.1 Å². The van der Waals surface area contributed by atoms with Crippen LogP contribution in [0.4, 0.5) is 0 Å². The number of halogens is 1. The van der Waals surface area contributed by atoms with Gasteiger partial charge in [-0.2, -0.15) is 42.3 Å². The quantitative estimate of drug-likeness (QED) is 0.301. The van der Waals surface area contributed by atoms with Crippen molar-refractivity contribution in [2.75, 3.05) is 0 Å². The number of rotatable bonds is 1. The van der Waals surface area contributed by atoms with Crippen LogP contribution in [0.25, 0.3) is 0 Å². The molecule has 116 valence electrons. The maximum absolute atomic E-state index is 11.7. The van der Waals surface area contributed by atoms with E-state index in [0.29, 0.717) is 5.02 Å². The Labute approximate surface area is 150 Å². The van der Waals surface area contributed by atoms with Gasteiger partial charge in [-0.25, -0.2) is 12.1 Å². The molecule has 1 N–H and O–H groups in total. The third kappa shape index (κ3) is 6.18. The van der Waals surface area contributed by atoms with Crippen molar-refractivity contribution in [1.82, 2.24) is 0 Å². The van der Waals surface area contributed by atoms with Gasteiger partial charge in [-0.1, -0.05) is 17.5 Å². The number of hydrogen-bond acceptors (Lipinski definition) is 2. The molecule has 0 radical (unpaired) electrons. The zero-order valence-corrected chi connectivity index (χ0v) is 13.9. The van der Waals surface area contributed by atoms with Crippen LogP contribution < -0.4 is 0 Å². The fraction of sp³-hybridized carbons (Fsp3) is 0. The second-order valence-corrected chi connectivity index (χ2v) is 4.81. The van der Waals surface area contributed by atoms with Gasteiger partial charge in [0.1, 0.15) is 5.75 Å². The van der Waals surface area contributed by atoms with Crippen LogP contribution >= 0.6 is 11.6 Å². The Hall–Kier alpha value is -2.24. The summed E-state index contributed by atoms with van der Waals surface area (Å²) in [7, 11) is 0. The van der Waals surface area contributed by atoms with Crippen molar-refractivity contribution in [2.24, 2.45) is 0 Å². The van der Waals surface area contributed by atoms with Crippen LogP contribution in [0.2, 0.25) is 5.02 Å². The normalized spacial score (nSPS) is 8.74. The Morgan fingerprint density at radius 2 is 1.83 bits per heavy atom. The van der Waals surface area contributed by atoms with Crippen LogP contribution in [0.1, 0.15) is 15.9 Å². The van der Waals surface area contributed by atoms with Gasteiger partial charge in [0.15, 0.2) is 0 Å². The van der Waals surface area contributed by atoms with Crippen LogP contribution in [0.15, 0.2) is 72.8 Å². The molecule has 2 nitrogen and oxygen atoms in total. The van der Waals surface area contributed by atoms with Gasteiger partial charge in [-0.15, -0.1) is 11.6 Å². The van der Waals surface area contributed by atoms with Gasteiger partial charge in [-0.05, 0) is 18.2 Å². The first kappa shape index (κ1) is 18.8. The van der Waals surface area contributed by atoms with Gasteiger partial charge in [-0.3, -0.25) is 4.79 Å². The molecule has 0 bridgehead atoms. The maximum atomic E-state index is 11.7. The minimum Gasteiger partial charge on any atom is -0.507 e. The van der Waals surface area contributed by atoms with Gasteiger partial charge in [0.25, 0.3) is 0 Å². The van der Waals surface area contributed by atoms with Crippen LogP contribution in [-0.4, -0.2) is 10.9 Å². The van der Waals surface area contributed by atoms with E-state index in [2.05, 4.69) is 11.8 Å². The Balaban J connectivity index is 0.000000377. The summed E-state index contributed by atoms with van der Waals surface area (Å²) in [6, 6.07) is 21.6. The second-order valence-electron chi connectivity index (χ2n) is 4.38. The molecule has 3 aromatic carbocycles. The Bertz CT molecular complexity index is 761. The molecule has 0 saturated carbocycles. The molecule has 23 heavy (non-hydrogen) atoms. The molecule has 0 spiro atoms. The van der Waals surface area contributed by atoms with Crippen molar-refractivity contribution >= 4 is 17.4 Å². The minimum atomic E-state index is -0.430. The third-order valence-electron chi connectivity index (χ3n) is 2.74. The molecule has 0 heterocycles. The Morgan fingerprint density at radius 1 is 1.09 bits per heavy atom. The summed E-state index contributed by atoms with van der Waals surface area (Å²) in [5, 5.41) is 9.92. The van der Waals surface area contributed by atoms with E-state index in [0.717, 1.165) is 5.56 Å². The average molecular weight is 365 g/mol. The fourth-order valence-electron chi connectivity index (χ4n) is 1.67. The van der Waals surface area contributed by atoms with Gasteiger partial charge in [0, 0.05) is 5.02 Å². The smallest absolute Gasteiger partial charge is 0.507 e. The molecule has 3 aromatic rings. The average Bonchev–Trinajstić information content (AvgIpc) is 3.21. The molecule has 0 aliphatic rings. The van der Waals surface area contributed by atoms with E-state index >= 15 is 0 Å². The van der Waals surface area contributed by atoms with Crippen LogP contribution in [0.5, 0.6) is 5.75 Å². The van der Waals surface area contributed by atoms with E-state index in [4.69, 9.17) is 11.6 Å². The van der Waals surface area contributed by atoms with Crippen molar-refractivity contribution in [2.45, 2.75) is 0 Å². The topological polar surface area (TPSA) is 37.3 Å². The first-order chi connectivity index (χ1) is 10.7. The zero-order chi connectivity index (χ0) is 15.8. The molecule has 4 heteroatoms. The van der Waals surface area contributed by atoms with Gasteiger partial charge in [0.2, 0.25) is 5.78 Å². The molecule has 0 fully saturated rings. The van der Waals surface area contributed by atoms with E-state index in [-0.39, 0.29) is 28.4 Å². The molecule has 0 aromatic heterocycles. The third-order valence-corrected chi connectivity index (χ3v) is 2.98. The number of phenols is 1. The molecule has 0 saturated heterocycles. The van der Waals surface area contributed by atoms with Gasteiger partial charge in [0.05, 0.1) is 5.56 Å². The maximum Gasteiger partial charge on any atom is 2.00 e. The van der Waals surface area contributed by atoms with Crippen molar-refractivity contribution in [3.05, 3.63) is 88.9 Å². The summed E-state index contributed by atoms with van der Waals surface area (Å²) < 4.78 is 0. The molecule has 3 rings (SSSR count). The molecule has 0 aliphatic heterocycles. The van der Waals surface area contributed by atoms with E-state index in [9.17, 15) is 9.90 Å². The summed E-state index contributed by atoms with van der Waals surface area (Å²) >= 11 is 5.67. The van der Waals surface area contributed by atoms with Crippen LogP contribution in [0, 0.1) is 11.8 Å². The number of carbonyl (C=O) groups is 1. The van der Waals surface area contributed by atoms with Crippen molar-refractivity contribution in [3.8, 4) is 17.6 Å². The first-order valence-corrected chi connectivity index (χ1v) is 6.98. The fourth-order valence-corrected chi connectivity index (χ4v) is 1.84. The molecule has 0 unspecified atom stereocenters. The molecule has 0 aliphatic carbocycles. The Morgan fingerprint density at radius 3 is 2.35 bits per heavy atom. The predicted molar refractivity (Wildman–Crippen MR) is 88.4 cm³/mol. The second kappa shape index (κ2) is 9.71. The van der Waals surface area contributed by atoms with Crippen LogP contribution in [-0.2, 0) is 17.1 Å². The number of Topliss-reactive ketones (excluding diaryl/α,β-unsaturated/α-hetero) is 1. The summed E-state index contributed by atoms with van der Waals surface area (Å²) in [6.07, 6.45) is 0. The molecular formula is C19H13ClFeO2. The van der Waals surface area contributed by atoms with E-state index < -0.39 is 5.78 Å². The zero-order valence-electron chi connectivity index (χ0n) is 12.0. The van der Waals surface area contributed by atoms with Crippen molar-refractivity contribution in [1.29, 1.82) is 0 Å². The molecular weight excluding hydrogens is 352 g/mol. The SMILES string of the molecule is O=C(C#Cc1ccc[cH-]1)c1ccc(Cl)cc1O.[Fe+2].c1cc[cH-]c1. The van der Waals surface area contributed by atoms with Crippen LogP contribution in [0.3, 0.4) is 0 Å². The standard InChI is InChI=1S/C14H8ClO2.C5H5.Fe/c15-11-6-7-12(14(17)9-11)13(16)8-5-10-3-1-2-4-10;1-2-4-5-3-1;/h1-4,6-7,9,17H;1-5H;/q2*-1;+2. The van der Waals surface area contributed by atoms with E-state index in [1.54, 1.807) is 6.07 Å². The first-order valence-electron chi connectivity index (χ1n) is 6.60. The Kier molecular flexibility index (Phi) is 7.94. The summed E-state index contributed by atoms with van der Waals surface area (Å²) in [5.41, 5.74) is 0.931. The number of aromatic hydroxyl groups is 1. The number of benzene rings is 1. The predicted octanol–water partition coefficient (Wildman–Crippen LogP) is 4.40. The summed E-state index contributed by atoms with van der Waals surface area (Å²) in [4.78, 5) is 11.7. The summed E-state index contributed by atoms with van der Waals surface area (Å²) in [6.45, 7) is 0. The number of phenolic OH excluding ortho intramolecular Hbond substituents is 1. The van der Waals surface area contributed by atoms with Crippen molar-refractivity contribution < 1.29 is 27.0 Å². The largest absolute Gasteiger partial charge is 2.00 e.